The Morgan fingerprint density at radius 1 is 1.10 bits per heavy atom. The number of nitrogens with one attached hydrogen (secondary N) is 1. The zero-order chi connectivity index (χ0) is 13.8. The van der Waals surface area contributed by atoms with E-state index in [0.717, 1.165) is 12.5 Å². The first-order chi connectivity index (χ1) is 9.86. The van der Waals surface area contributed by atoms with E-state index in [-0.39, 0.29) is 0 Å². The summed E-state index contributed by atoms with van der Waals surface area (Å²) in [5.74, 6) is 1.02. The topological polar surface area (TPSA) is 12.0 Å². The molecule has 0 spiro atoms. The molecule has 1 fully saturated rings. The van der Waals surface area contributed by atoms with Crippen LogP contribution in [0.4, 0.5) is 0 Å². The van der Waals surface area contributed by atoms with Crippen molar-refractivity contribution in [2.45, 2.75) is 45.1 Å². The number of hydrogen-bond donors (Lipinski definition) is 1. The molecule has 1 nitrogen and oxygen atoms in total. The molecule has 1 N–H and O–H groups in total. The van der Waals surface area contributed by atoms with Gasteiger partial charge in [0, 0.05) is 6.04 Å². The van der Waals surface area contributed by atoms with Gasteiger partial charge in [-0.15, -0.1) is 0 Å². The highest BCUT2D eigenvalue weighted by Crippen LogP contribution is 2.36. The highest BCUT2D eigenvalue weighted by atomic mass is 14.9. The van der Waals surface area contributed by atoms with E-state index in [9.17, 15) is 0 Å². The van der Waals surface area contributed by atoms with Crippen LogP contribution < -0.4 is 5.32 Å². The molecule has 106 valence electrons. The van der Waals surface area contributed by atoms with Gasteiger partial charge in [0.1, 0.15) is 0 Å². The summed E-state index contributed by atoms with van der Waals surface area (Å²) in [6, 6.07) is 16.1. The van der Waals surface area contributed by atoms with Crippen LogP contribution in [-0.4, -0.2) is 6.54 Å². The Kier molecular flexibility index (Phi) is 4.37. The second-order valence-electron chi connectivity index (χ2n) is 6.13. The molecule has 1 saturated carbocycles. The van der Waals surface area contributed by atoms with Gasteiger partial charge >= 0.3 is 0 Å². The quantitative estimate of drug-likeness (QED) is 0.738. The maximum absolute atomic E-state index is 3.73. The van der Waals surface area contributed by atoms with Crippen molar-refractivity contribution in [2.24, 2.45) is 5.92 Å². The molecule has 3 rings (SSSR count). The van der Waals surface area contributed by atoms with E-state index < -0.39 is 0 Å². The van der Waals surface area contributed by atoms with Gasteiger partial charge in [0.2, 0.25) is 0 Å². The number of fused-ring (bicyclic) bond motifs is 1. The van der Waals surface area contributed by atoms with Crippen LogP contribution in [0.1, 0.15) is 50.6 Å². The van der Waals surface area contributed by atoms with Gasteiger partial charge in [-0.3, -0.25) is 0 Å². The summed E-state index contributed by atoms with van der Waals surface area (Å²) >= 11 is 0. The second-order valence-corrected chi connectivity index (χ2v) is 6.13. The Labute approximate surface area is 122 Å². The normalized spacial score (nSPS) is 16.4. The minimum absolute atomic E-state index is 0.528. The Balaban J connectivity index is 1.78. The predicted molar refractivity (Wildman–Crippen MR) is 86.9 cm³/mol. The largest absolute Gasteiger partial charge is 0.310 e. The lowest BCUT2D eigenvalue weighted by Crippen LogP contribution is -2.22. The molecule has 0 amide bonds. The van der Waals surface area contributed by atoms with Gasteiger partial charge in [0.05, 0.1) is 0 Å². The average molecular weight is 267 g/mol. The van der Waals surface area contributed by atoms with Crippen molar-refractivity contribution >= 4 is 10.8 Å². The Morgan fingerprint density at radius 2 is 1.90 bits per heavy atom. The molecule has 1 aliphatic carbocycles. The molecule has 1 heteroatoms. The standard InChI is InChI=1S/C19H25N/c1-2-13-20-19(12-9-15-7-8-15)18-11-10-16-5-3-4-6-17(16)14-18/h3-6,10-11,14-15,19-20H,2,7-9,12-13H2,1H3. The van der Waals surface area contributed by atoms with Gasteiger partial charge < -0.3 is 5.32 Å². The first-order valence-corrected chi connectivity index (χ1v) is 8.09. The molecule has 0 bridgehead atoms. The highest BCUT2D eigenvalue weighted by molar-refractivity contribution is 5.83. The molecule has 0 heterocycles. The summed E-state index contributed by atoms with van der Waals surface area (Å²) in [5, 5.41) is 6.43. The van der Waals surface area contributed by atoms with E-state index in [0.29, 0.717) is 6.04 Å². The zero-order valence-corrected chi connectivity index (χ0v) is 12.4. The fourth-order valence-corrected chi connectivity index (χ4v) is 2.94. The summed E-state index contributed by atoms with van der Waals surface area (Å²) < 4.78 is 0. The molecule has 0 aromatic heterocycles. The van der Waals surface area contributed by atoms with Crippen LogP contribution in [-0.2, 0) is 0 Å². The monoisotopic (exact) mass is 267 g/mol. The molecule has 0 aliphatic heterocycles. The summed E-state index contributed by atoms with van der Waals surface area (Å²) in [5.41, 5.74) is 1.46. The smallest absolute Gasteiger partial charge is 0.0320 e. The molecule has 20 heavy (non-hydrogen) atoms. The van der Waals surface area contributed by atoms with E-state index >= 15 is 0 Å². The second kappa shape index (κ2) is 6.41. The van der Waals surface area contributed by atoms with Crippen LogP contribution in [0.2, 0.25) is 0 Å². The fraction of sp³-hybridized carbons (Fsp3) is 0.474. The van der Waals surface area contributed by atoms with Crippen molar-refractivity contribution in [1.82, 2.24) is 5.32 Å². The first kappa shape index (κ1) is 13.6. The molecule has 2 aromatic rings. The first-order valence-electron chi connectivity index (χ1n) is 8.09. The van der Waals surface area contributed by atoms with E-state index in [1.54, 1.807) is 0 Å². The lowest BCUT2D eigenvalue weighted by molar-refractivity contribution is 0.470. The summed E-state index contributed by atoms with van der Waals surface area (Å²) in [6.07, 6.45) is 6.78. The molecule has 0 saturated heterocycles. The fourth-order valence-electron chi connectivity index (χ4n) is 2.94. The van der Waals surface area contributed by atoms with Gasteiger partial charge in [-0.05, 0) is 54.1 Å². The van der Waals surface area contributed by atoms with E-state index in [1.165, 1.54) is 48.4 Å². The van der Waals surface area contributed by atoms with E-state index in [4.69, 9.17) is 0 Å². The van der Waals surface area contributed by atoms with Crippen molar-refractivity contribution in [3.63, 3.8) is 0 Å². The maximum Gasteiger partial charge on any atom is 0.0320 e. The van der Waals surface area contributed by atoms with Gasteiger partial charge in [0.25, 0.3) is 0 Å². The molecule has 0 radical (unpaired) electrons. The minimum atomic E-state index is 0.528. The van der Waals surface area contributed by atoms with E-state index in [2.05, 4.69) is 54.7 Å². The minimum Gasteiger partial charge on any atom is -0.310 e. The van der Waals surface area contributed by atoms with Crippen molar-refractivity contribution < 1.29 is 0 Å². The van der Waals surface area contributed by atoms with Crippen LogP contribution in [0.15, 0.2) is 42.5 Å². The summed E-state index contributed by atoms with van der Waals surface area (Å²) in [7, 11) is 0. The van der Waals surface area contributed by atoms with Crippen LogP contribution in [0, 0.1) is 5.92 Å². The highest BCUT2D eigenvalue weighted by Gasteiger charge is 2.22. The number of hydrogen-bond acceptors (Lipinski definition) is 1. The molecular formula is C19H25N. The lowest BCUT2D eigenvalue weighted by atomic mass is 9.97. The zero-order valence-electron chi connectivity index (χ0n) is 12.4. The van der Waals surface area contributed by atoms with Crippen LogP contribution in [0.3, 0.4) is 0 Å². The van der Waals surface area contributed by atoms with Crippen molar-refractivity contribution in [3.05, 3.63) is 48.0 Å². The predicted octanol–water partition coefficient (Wildman–Crippen LogP) is 5.07. The van der Waals surface area contributed by atoms with Gasteiger partial charge in [-0.25, -0.2) is 0 Å². The van der Waals surface area contributed by atoms with Gasteiger partial charge in [-0.1, -0.05) is 56.2 Å². The molecule has 1 unspecified atom stereocenters. The maximum atomic E-state index is 3.73. The van der Waals surface area contributed by atoms with Gasteiger partial charge in [0.15, 0.2) is 0 Å². The van der Waals surface area contributed by atoms with Crippen molar-refractivity contribution in [2.75, 3.05) is 6.54 Å². The SMILES string of the molecule is CCCNC(CCC1CC1)c1ccc2ccccc2c1. The van der Waals surface area contributed by atoms with Crippen LogP contribution in [0.5, 0.6) is 0 Å². The molecule has 2 aromatic carbocycles. The Morgan fingerprint density at radius 3 is 2.65 bits per heavy atom. The van der Waals surface area contributed by atoms with Crippen LogP contribution in [0.25, 0.3) is 10.8 Å². The van der Waals surface area contributed by atoms with Crippen LogP contribution >= 0.6 is 0 Å². The summed E-state index contributed by atoms with van der Waals surface area (Å²) in [6.45, 7) is 3.35. The molecule has 1 atom stereocenters. The van der Waals surface area contributed by atoms with Crippen molar-refractivity contribution in [1.29, 1.82) is 0 Å². The van der Waals surface area contributed by atoms with Gasteiger partial charge in [-0.2, -0.15) is 0 Å². The third-order valence-corrected chi connectivity index (χ3v) is 4.38. The molecule has 1 aliphatic rings. The summed E-state index contributed by atoms with van der Waals surface area (Å²) in [4.78, 5) is 0. The van der Waals surface area contributed by atoms with Crippen molar-refractivity contribution in [3.8, 4) is 0 Å². The number of benzene rings is 2. The Hall–Kier alpha value is -1.34. The lowest BCUT2D eigenvalue weighted by Gasteiger charge is -2.19. The number of rotatable bonds is 7. The van der Waals surface area contributed by atoms with E-state index in [1.807, 2.05) is 0 Å². The third-order valence-electron chi connectivity index (χ3n) is 4.38. The molecular weight excluding hydrogens is 242 g/mol. The Bertz CT molecular complexity index is 556. The average Bonchev–Trinajstić information content (AvgIpc) is 3.31. The third kappa shape index (κ3) is 3.40.